The van der Waals surface area contributed by atoms with Crippen LogP contribution in [-0.4, -0.2) is 53.6 Å². The van der Waals surface area contributed by atoms with Crippen LogP contribution in [0.1, 0.15) is 23.2 Å². The number of carbonyl (C=O) groups excluding carboxylic acids is 1. The normalized spacial score (nSPS) is 17.7. The molecule has 1 amide bonds. The number of rotatable bonds is 5. The van der Waals surface area contributed by atoms with E-state index in [1.54, 1.807) is 18.2 Å². The number of sulfonamides is 1. The summed E-state index contributed by atoms with van der Waals surface area (Å²) >= 11 is 0. The smallest absolute Gasteiger partial charge is 0.251 e. The zero-order valence-corrected chi connectivity index (χ0v) is 14.5. The van der Waals surface area contributed by atoms with Crippen molar-refractivity contribution in [2.45, 2.75) is 12.8 Å². The number of benzene rings is 1. The Morgan fingerprint density at radius 1 is 1.30 bits per heavy atom. The first-order valence-electron chi connectivity index (χ1n) is 7.25. The quantitative estimate of drug-likeness (QED) is 0.819. The Balaban J connectivity index is 2.12. The number of anilines is 1. The first-order valence-corrected chi connectivity index (χ1v) is 10.9. The maximum absolute atomic E-state index is 12.1. The van der Waals surface area contributed by atoms with E-state index in [9.17, 15) is 21.6 Å². The molecule has 0 unspecified atom stereocenters. The molecule has 2 rings (SSSR count). The molecule has 0 aliphatic carbocycles. The molecule has 1 heterocycles. The van der Waals surface area contributed by atoms with Gasteiger partial charge in [-0.1, -0.05) is 6.07 Å². The Kier molecular flexibility index (Phi) is 5.30. The Morgan fingerprint density at radius 2 is 2.04 bits per heavy atom. The zero-order valence-electron chi connectivity index (χ0n) is 12.9. The highest BCUT2D eigenvalue weighted by Crippen LogP contribution is 2.24. The molecule has 0 aromatic heterocycles. The minimum Gasteiger partial charge on any atom is -0.351 e. The van der Waals surface area contributed by atoms with Crippen LogP contribution in [0.2, 0.25) is 0 Å². The lowest BCUT2D eigenvalue weighted by atomic mass is 10.2. The van der Waals surface area contributed by atoms with Gasteiger partial charge in [-0.3, -0.25) is 9.10 Å². The van der Waals surface area contributed by atoms with Crippen LogP contribution < -0.4 is 9.62 Å². The van der Waals surface area contributed by atoms with Crippen molar-refractivity contribution in [2.75, 3.05) is 35.2 Å². The van der Waals surface area contributed by atoms with Crippen LogP contribution in [0.25, 0.3) is 0 Å². The van der Waals surface area contributed by atoms with Gasteiger partial charge < -0.3 is 5.32 Å². The number of nitrogens with zero attached hydrogens (tertiary/aromatic N) is 1. The number of hydrogen-bond acceptors (Lipinski definition) is 5. The van der Waals surface area contributed by atoms with E-state index in [0.717, 1.165) is 12.7 Å². The van der Waals surface area contributed by atoms with Gasteiger partial charge in [0.05, 0.1) is 17.2 Å². The molecular weight excluding hydrogens is 340 g/mol. The molecule has 0 saturated carbocycles. The van der Waals surface area contributed by atoms with E-state index in [4.69, 9.17) is 0 Å². The van der Waals surface area contributed by atoms with Gasteiger partial charge in [0.2, 0.25) is 10.0 Å². The first-order chi connectivity index (χ1) is 10.7. The molecule has 9 heteroatoms. The molecule has 1 N–H and O–H groups in total. The summed E-state index contributed by atoms with van der Waals surface area (Å²) in [7, 11) is -6.48. The largest absolute Gasteiger partial charge is 0.351 e. The van der Waals surface area contributed by atoms with Gasteiger partial charge in [-0.05, 0) is 31.0 Å². The van der Waals surface area contributed by atoms with Crippen LogP contribution >= 0.6 is 0 Å². The van der Waals surface area contributed by atoms with Gasteiger partial charge in [0.15, 0.2) is 0 Å². The molecule has 1 fully saturated rings. The van der Waals surface area contributed by atoms with Gasteiger partial charge in [0.1, 0.15) is 9.84 Å². The lowest BCUT2D eigenvalue weighted by Crippen LogP contribution is -2.38. The summed E-state index contributed by atoms with van der Waals surface area (Å²) in [5, 5.41) is 2.52. The molecule has 1 aromatic carbocycles. The number of nitrogens with one attached hydrogen (secondary N) is 1. The highest BCUT2D eigenvalue weighted by molar-refractivity contribution is 7.92. The second-order valence-electron chi connectivity index (χ2n) is 5.53. The van der Waals surface area contributed by atoms with Crippen LogP contribution in [0.4, 0.5) is 5.69 Å². The molecule has 0 spiro atoms. The monoisotopic (exact) mass is 360 g/mol. The third kappa shape index (κ3) is 4.93. The van der Waals surface area contributed by atoms with E-state index in [0.29, 0.717) is 24.2 Å². The van der Waals surface area contributed by atoms with Crippen molar-refractivity contribution in [1.29, 1.82) is 0 Å². The lowest BCUT2D eigenvalue weighted by Gasteiger charge is -2.28. The van der Waals surface area contributed by atoms with Crippen molar-refractivity contribution >= 4 is 31.5 Å². The zero-order chi connectivity index (χ0) is 17.1. The fraction of sp³-hybridized carbons (Fsp3) is 0.500. The highest BCUT2D eigenvalue weighted by atomic mass is 32.2. The maximum atomic E-state index is 12.1. The van der Waals surface area contributed by atoms with Crippen LogP contribution in [0.3, 0.4) is 0 Å². The van der Waals surface area contributed by atoms with Crippen molar-refractivity contribution in [3.8, 4) is 0 Å². The molecule has 1 aliphatic heterocycles. The van der Waals surface area contributed by atoms with E-state index in [-0.39, 0.29) is 18.1 Å². The fourth-order valence-corrected chi connectivity index (χ4v) is 4.44. The number of hydrogen-bond donors (Lipinski definition) is 1. The molecule has 0 radical (unpaired) electrons. The predicted molar refractivity (Wildman–Crippen MR) is 88.9 cm³/mol. The number of amides is 1. The fourth-order valence-electron chi connectivity index (χ4n) is 2.33. The highest BCUT2D eigenvalue weighted by Gasteiger charge is 2.26. The number of sulfone groups is 1. The van der Waals surface area contributed by atoms with Crippen molar-refractivity contribution in [3.63, 3.8) is 0 Å². The van der Waals surface area contributed by atoms with Crippen molar-refractivity contribution in [2.24, 2.45) is 0 Å². The Bertz CT molecular complexity index is 787. The van der Waals surface area contributed by atoms with E-state index in [1.165, 1.54) is 10.4 Å². The second kappa shape index (κ2) is 6.88. The molecule has 1 saturated heterocycles. The van der Waals surface area contributed by atoms with E-state index >= 15 is 0 Å². The minimum atomic E-state index is -3.33. The molecule has 23 heavy (non-hydrogen) atoms. The molecule has 1 aromatic rings. The van der Waals surface area contributed by atoms with Crippen LogP contribution in [0.5, 0.6) is 0 Å². The summed E-state index contributed by atoms with van der Waals surface area (Å²) < 4.78 is 47.6. The third-order valence-electron chi connectivity index (χ3n) is 3.50. The topological polar surface area (TPSA) is 101 Å². The summed E-state index contributed by atoms with van der Waals surface area (Å²) in [5.74, 6) is -0.457. The van der Waals surface area contributed by atoms with Crippen LogP contribution in [-0.2, 0) is 19.9 Å². The van der Waals surface area contributed by atoms with Gasteiger partial charge >= 0.3 is 0 Å². The van der Waals surface area contributed by atoms with E-state index in [2.05, 4.69) is 5.32 Å². The van der Waals surface area contributed by atoms with E-state index < -0.39 is 25.8 Å². The van der Waals surface area contributed by atoms with Gasteiger partial charge in [-0.25, -0.2) is 16.8 Å². The first kappa shape index (κ1) is 17.7. The third-order valence-corrected chi connectivity index (χ3v) is 6.32. The van der Waals surface area contributed by atoms with Crippen LogP contribution in [0.15, 0.2) is 24.3 Å². The van der Waals surface area contributed by atoms with Gasteiger partial charge in [0, 0.05) is 24.9 Å². The minimum absolute atomic E-state index is 0.0178. The molecule has 7 nitrogen and oxygen atoms in total. The number of carbonyl (C=O) groups is 1. The summed E-state index contributed by atoms with van der Waals surface area (Å²) in [5.41, 5.74) is 0.761. The van der Waals surface area contributed by atoms with Crippen molar-refractivity contribution in [1.82, 2.24) is 5.32 Å². The second-order valence-corrected chi connectivity index (χ2v) is 9.80. The van der Waals surface area contributed by atoms with Crippen molar-refractivity contribution < 1.29 is 21.6 Å². The van der Waals surface area contributed by atoms with Crippen molar-refractivity contribution in [3.05, 3.63) is 29.8 Å². The van der Waals surface area contributed by atoms with Gasteiger partial charge in [0.25, 0.3) is 5.91 Å². The average molecular weight is 360 g/mol. The predicted octanol–water partition coefficient (Wildman–Crippen LogP) is 0.391. The summed E-state index contributed by atoms with van der Waals surface area (Å²) in [4.78, 5) is 12.1. The molecule has 0 bridgehead atoms. The van der Waals surface area contributed by atoms with Crippen LogP contribution in [0, 0.1) is 0 Å². The standard InChI is InChI=1S/C14H20N2O5S2/c1-22(18,19)10-7-15-14(17)12-5-4-6-13(11-12)16-8-2-3-9-23(16,20)21/h4-6,11H,2-3,7-10H2,1H3,(H,15,17). The molecule has 1 aliphatic rings. The Labute approximate surface area is 136 Å². The van der Waals surface area contributed by atoms with Gasteiger partial charge in [-0.2, -0.15) is 0 Å². The van der Waals surface area contributed by atoms with E-state index in [1.807, 2.05) is 0 Å². The average Bonchev–Trinajstić information content (AvgIpc) is 2.45. The molecular formula is C14H20N2O5S2. The summed E-state index contributed by atoms with van der Waals surface area (Å²) in [6, 6.07) is 6.34. The maximum Gasteiger partial charge on any atom is 0.251 e. The molecule has 0 atom stereocenters. The Morgan fingerprint density at radius 3 is 2.70 bits per heavy atom. The SMILES string of the molecule is CS(=O)(=O)CCNC(=O)c1cccc(N2CCCCS2(=O)=O)c1. The lowest BCUT2D eigenvalue weighted by molar-refractivity contribution is 0.0956. The van der Waals surface area contributed by atoms with Gasteiger partial charge in [-0.15, -0.1) is 0 Å². The molecule has 128 valence electrons. The summed E-state index contributed by atoms with van der Waals surface area (Å²) in [6.07, 6.45) is 2.52. The summed E-state index contributed by atoms with van der Waals surface area (Å²) in [6.45, 7) is 0.422. The Hall–Kier alpha value is -1.61.